The first-order valence-electron chi connectivity index (χ1n) is 7.10. The van der Waals surface area contributed by atoms with Crippen molar-refractivity contribution in [1.82, 2.24) is 19.6 Å². The molecule has 2 aromatic heterocycles. The van der Waals surface area contributed by atoms with Crippen LogP contribution in [0.3, 0.4) is 0 Å². The predicted molar refractivity (Wildman–Crippen MR) is 82.5 cm³/mol. The number of benzene rings is 1. The van der Waals surface area contributed by atoms with E-state index in [1.165, 1.54) is 12.1 Å². The number of pyridine rings is 1. The Hall–Kier alpha value is -2.96. The molecule has 0 aliphatic heterocycles. The molecule has 118 valence electrons. The fraction of sp³-hybridized carbons (Fsp3) is 0.188. The van der Waals surface area contributed by atoms with Gasteiger partial charge in [-0.15, -0.1) is 5.10 Å². The van der Waals surface area contributed by atoms with E-state index in [-0.39, 0.29) is 11.6 Å². The Morgan fingerprint density at radius 3 is 2.78 bits per heavy atom. The van der Waals surface area contributed by atoms with Crippen LogP contribution >= 0.6 is 0 Å². The summed E-state index contributed by atoms with van der Waals surface area (Å²) in [5.74, 6) is -0.598. The van der Waals surface area contributed by atoms with Gasteiger partial charge in [0.05, 0.1) is 18.4 Å². The topological polar surface area (TPSA) is 72.9 Å². The summed E-state index contributed by atoms with van der Waals surface area (Å²) in [5.41, 5.74) is 0.951. The molecule has 1 aromatic carbocycles. The van der Waals surface area contributed by atoms with E-state index in [1.807, 2.05) is 0 Å². The normalized spacial score (nSPS) is 10.9. The lowest BCUT2D eigenvalue weighted by molar-refractivity contribution is 0.444. The number of aryl methyl sites for hydroxylation is 2. The van der Waals surface area contributed by atoms with Gasteiger partial charge < -0.3 is 9.67 Å². The van der Waals surface area contributed by atoms with E-state index in [0.717, 1.165) is 0 Å². The lowest BCUT2D eigenvalue weighted by Gasteiger charge is -2.10. The van der Waals surface area contributed by atoms with Gasteiger partial charge in [-0.1, -0.05) is 17.3 Å². The van der Waals surface area contributed by atoms with Gasteiger partial charge in [0.2, 0.25) is 5.43 Å². The quantitative estimate of drug-likeness (QED) is 0.799. The van der Waals surface area contributed by atoms with Crippen LogP contribution in [-0.2, 0) is 13.1 Å². The van der Waals surface area contributed by atoms with Crippen molar-refractivity contribution in [2.45, 2.75) is 20.0 Å². The van der Waals surface area contributed by atoms with E-state index in [4.69, 9.17) is 0 Å². The Bertz CT molecular complexity index is 901. The monoisotopic (exact) mass is 314 g/mol. The average molecular weight is 314 g/mol. The van der Waals surface area contributed by atoms with Gasteiger partial charge in [0.25, 0.3) is 0 Å². The Labute approximate surface area is 131 Å². The van der Waals surface area contributed by atoms with E-state index in [0.29, 0.717) is 30.0 Å². The number of rotatable bonds is 4. The van der Waals surface area contributed by atoms with Gasteiger partial charge >= 0.3 is 0 Å². The molecule has 0 unspecified atom stereocenters. The highest BCUT2D eigenvalue weighted by molar-refractivity contribution is 5.58. The molecule has 23 heavy (non-hydrogen) atoms. The van der Waals surface area contributed by atoms with E-state index in [1.54, 1.807) is 46.8 Å². The molecule has 3 rings (SSSR count). The summed E-state index contributed by atoms with van der Waals surface area (Å²) in [7, 11) is 0. The molecular weight excluding hydrogens is 299 g/mol. The van der Waals surface area contributed by atoms with Gasteiger partial charge in [0.1, 0.15) is 11.5 Å². The summed E-state index contributed by atoms with van der Waals surface area (Å²) in [6.07, 6.45) is 3.28. The van der Waals surface area contributed by atoms with Gasteiger partial charge in [-0.3, -0.25) is 9.48 Å². The average Bonchev–Trinajstić information content (AvgIpc) is 3.01. The first kappa shape index (κ1) is 15.0. The molecule has 0 aliphatic carbocycles. The summed E-state index contributed by atoms with van der Waals surface area (Å²) in [5, 5.41) is 17.6. The van der Waals surface area contributed by atoms with Crippen LogP contribution in [0.25, 0.3) is 11.3 Å². The van der Waals surface area contributed by atoms with Crippen molar-refractivity contribution in [2.24, 2.45) is 0 Å². The van der Waals surface area contributed by atoms with Crippen molar-refractivity contribution in [1.29, 1.82) is 0 Å². The number of hydrogen-bond acceptors (Lipinski definition) is 4. The molecule has 0 atom stereocenters. The smallest absolute Gasteiger partial charge is 0.223 e. The van der Waals surface area contributed by atoms with Crippen LogP contribution in [0.1, 0.15) is 5.69 Å². The summed E-state index contributed by atoms with van der Waals surface area (Å²) in [6.45, 7) is 2.65. The van der Waals surface area contributed by atoms with Crippen molar-refractivity contribution in [3.8, 4) is 17.0 Å². The molecule has 0 spiro atoms. The number of nitrogens with zero attached hydrogens (tertiary/aromatic N) is 4. The summed E-state index contributed by atoms with van der Waals surface area (Å²) in [4.78, 5) is 11.3. The van der Waals surface area contributed by atoms with Crippen LogP contribution in [0.15, 0.2) is 47.5 Å². The molecule has 0 bridgehead atoms. The second-order valence-electron chi connectivity index (χ2n) is 5.15. The maximum atomic E-state index is 13.7. The molecule has 0 amide bonds. The zero-order valence-electron chi connectivity index (χ0n) is 12.5. The lowest BCUT2D eigenvalue weighted by Crippen LogP contribution is -2.14. The fourth-order valence-electron chi connectivity index (χ4n) is 2.32. The minimum atomic E-state index is -0.402. The van der Waals surface area contributed by atoms with Crippen molar-refractivity contribution in [2.75, 3.05) is 0 Å². The maximum Gasteiger partial charge on any atom is 0.223 e. The molecule has 0 fully saturated rings. The maximum absolute atomic E-state index is 13.7. The third-order valence-electron chi connectivity index (χ3n) is 3.67. The van der Waals surface area contributed by atoms with Gasteiger partial charge in [-0.25, -0.2) is 4.39 Å². The zero-order valence-corrected chi connectivity index (χ0v) is 12.5. The summed E-state index contributed by atoms with van der Waals surface area (Å²) >= 11 is 0. The van der Waals surface area contributed by atoms with Crippen LogP contribution < -0.4 is 5.43 Å². The minimum absolute atomic E-state index is 0.252. The number of aromatic hydroxyl groups is 1. The molecule has 0 saturated heterocycles. The van der Waals surface area contributed by atoms with Crippen molar-refractivity contribution < 1.29 is 9.50 Å². The first-order valence-corrected chi connectivity index (χ1v) is 7.10. The minimum Gasteiger partial charge on any atom is -0.503 e. The molecular formula is C16H15FN4O2. The van der Waals surface area contributed by atoms with E-state index in [2.05, 4.69) is 10.3 Å². The summed E-state index contributed by atoms with van der Waals surface area (Å²) in [6, 6.07) is 7.70. The molecule has 0 radical (unpaired) electrons. The third-order valence-corrected chi connectivity index (χ3v) is 3.67. The fourth-order valence-corrected chi connectivity index (χ4v) is 2.32. The number of hydrogen-bond donors (Lipinski definition) is 1. The second-order valence-corrected chi connectivity index (χ2v) is 5.15. The third kappa shape index (κ3) is 2.98. The largest absolute Gasteiger partial charge is 0.503 e. The lowest BCUT2D eigenvalue weighted by atomic mass is 10.1. The Morgan fingerprint density at radius 2 is 2.00 bits per heavy atom. The van der Waals surface area contributed by atoms with Crippen LogP contribution in [0, 0.1) is 12.7 Å². The van der Waals surface area contributed by atoms with E-state index < -0.39 is 5.43 Å². The summed E-state index contributed by atoms with van der Waals surface area (Å²) < 4.78 is 17.1. The van der Waals surface area contributed by atoms with Gasteiger partial charge in [0.15, 0.2) is 5.75 Å². The first-order chi connectivity index (χ1) is 11.1. The number of halogens is 1. The molecule has 6 nitrogen and oxygen atoms in total. The van der Waals surface area contributed by atoms with Crippen molar-refractivity contribution >= 4 is 0 Å². The standard InChI is InChI=1S/C16H15FN4O2/c1-11-16(23)15(22)6-7-20(11)8-9-21-10-14(18-19-21)12-4-2-3-5-13(12)17/h2-7,10,23H,8-9H2,1H3. The zero-order chi connectivity index (χ0) is 16.4. The highest BCUT2D eigenvalue weighted by Gasteiger charge is 2.09. The Balaban J connectivity index is 1.77. The second kappa shape index (κ2) is 6.04. The van der Waals surface area contributed by atoms with E-state index >= 15 is 0 Å². The molecule has 2 heterocycles. The SMILES string of the molecule is Cc1c(O)c(=O)ccn1CCn1cc(-c2ccccc2F)nn1. The van der Waals surface area contributed by atoms with Crippen molar-refractivity contribution in [3.63, 3.8) is 0 Å². The van der Waals surface area contributed by atoms with Crippen LogP contribution in [-0.4, -0.2) is 24.7 Å². The highest BCUT2D eigenvalue weighted by atomic mass is 19.1. The molecule has 7 heteroatoms. The Kier molecular flexibility index (Phi) is 3.92. The highest BCUT2D eigenvalue weighted by Crippen LogP contribution is 2.19. The van der Waals surface area contributed by atoms with Gasteiger partial charge in [0, 0.05) is 24.4 Å². The number of aromatic nitrogens is 4. The van der Waals surface area contributed by atoms with Crippen LogP contribution in [0.4, 0.5) is 4.39 Å². The van der Waals surface area contributed by atoms with Gasteiger partial charge in [-0.05, 0) is 19.1 Å². The van der Waals surface area contributed by atoms with Crippen molar-refractivity contribution in [3.05, 3.63) is 64.5 Å². The van der Waals surface area contributed by atoms with E-state index in [9.17, 15) is 14.3 Å². The Morgan fingerprint density at radius 1 is 1.22 bits per heavy atom. The molecule has 0 saturated carbocycles. The van der Waals surface area contributed by atoms with Crippen LogP contribution in [0.5, 0.6) is 5.75 Å². The van der Waals surface area contributed by atoms with Crippen LogP contribution in [0.2, 0.25) is 0 Å². The predicted octanol–water partition coefficient (Wildman–Crippen LogP) is 1.96. The molecule has 0 aliphatic rings. The molecule has 1 N–H and O–H groups in total. The van der Waals surface area contributed by atoms with Gasteiger partial charge in [-0.2, -0.15) is 0 Å². The molecule has 3 aromatic rings.